The first-order valence-corrected chi connectivity index (χ1v) is 7.73. The Morgan fingerprint density at radius 1 is 0.909 bits per heavy atom. The van der Waals surface area contributed by atoms with Crippen molar-refractivity contribution in [3.8, 4) is 0 Å². The van der Waals surface area contributed by atoms with E-state index in [0.717, 1.165) is 13.0 Å². The van der Waals surface area contributed by atoms with E-state index >= 15 is 0 Å². The Bertz CT molecular complexity index is 630. The maximum absolute atomic E-state index is 4.75. The molecular weight excluding hydrogens is 268 g/mol. The van der Waals surface area contributed by atoms with Crippen LogP contribution in [0.3, 0.4) is 0 Å². The van der Waals surface area contributed by atoms with Crippen LogP contribution in [0.1, 0.15) is 23.5 Å². The molecule has 0 radical (unpaired) electrons. The van der Waals surface area contributed by atoms with Crippen molar-refractivity contribution in [3.05, 3.63) is 83.6 Å². The SMILES string of the molecule is CN(C)CC1=CN=C(C(c2ccccc2)c2ccccc2)C1. The van der Waals surface area contributed by atoms with Gasteiger partial charge in [-0.1, -0.05) is 60.7 Å². The number of aliphatic imine (C=N–C) groups is 1. The van der Waals surface area contributed by atoms with Gasteiger partial charge in [-0.3, -0.25) is 4.99 Å². The van der Waals surface area contributed by atoms with Crippen molar-refractivity contribution in [1.82, 2.24) is 4.90 Å². The third kappa shape index (κ3) is 3.34. The molecule has 1 aliphatic heterocycles. The van der Waals surface area contributed by atoms with Crippen LogP contribution in [0.15, 0.2) is 77.4 Å². The monoisotopic (exact) mass is 290 g/mol. The molecular formula is C20H22N2. The third-order valence-corrected chi connectivity index (χ3v) is 3.94. The second-order valence-corrected chi connectivity index (χ2v) is 6.08. The van der Waals surface area contributed by atoms with Gasteiger partial charge in [-0.2, -0.15) is 0 Å². The van der Waals surface area contributed by atoms with Crippen LogP contribution in [0.2, 0.25) is 0 Å². The molecule has 0 amide bonds. The van der Waals surface area contributed by atoms with Gasteiger partial charge in [0.2, 0.25) is 0 Å². The van der Waals surface area contributed by atoms with Crippen LogP contribution < -0.4 is 0 Å². The molecule has 0 fully saturated rings. The largest absolute Gasteiger partial charge is 0.305 e. The van der Waals surface area contributed by atoms with Crippen LogP contribution in [0.25, 0.3) is 0 Å². The Morgan fingerprint density at radius 2 is 1.45 bits per heavy atom. The van der Waals surface area contributed by atoms with Crippen LogP contribution >= 0.6 is 0 Å². The molecule has 0 aliphatic carbocycles. The molecule has 0 saturated heterocycles. The van der Waals surface area contributed by atoms with E-state index < -0.39 is 0 Å². The number of nitrogens with zero attached hydrogens (tertiary/aromatic N) is 2. The Hall–Kier alpha value is -2.19. The van der Waals surface area contributed by atoms with Gasteiger partial charge in [0, 0.05) is 30.8 Å². The minimum Gasteiger partial charge on any atom is -0.305 e. The minimum atomic E-state index is 0.248. The summed E-state index contributed by atoms with van der Waals surface area (Å²) in [6.45, 7) is 0.975. The number of rotatable bonds is 5. The Morgan fingerprint density at radius 3 is 1.95 bits per heavy atom. The van der Waals surface area contributed by atoms with Crippen LogP contribution in [0.4, 0.5) is 0 Å². The van der Waals surface area contributed by atoms with Crippen molar-refractivity contribution < 1.29 is 0 Å². The lowest BCUT2D eigenvalue weighted by Crippen LogP contribution is -2.18. The van der Waals surface area contributed by atoms with Gasteiger partial charge in [0.05, 0.1) is 0 Å². The molecule has 1 heterocycles. The number of hydrogen-bond acceptors (Lipinski definition) is 2. The molecule has 22 heavy (non-hydrogen) atoms. The quantitative estimate of drug-likeness (QED) is 0.809. The van der Waals surface area contributed by atoms with Gasteiger partial charge in [0.15, 0.2) is 0 Å². The maximum atomic E-state index is 4.75. The molecule has 112 valence electrons. The second-order valence-electron chi connectivity index (χ2n) is 6.08. The van der Waals surface area contributed by atoms with E-state index in [4.69, 9.17) is 4.99 Å². The molecule has 2 heteroatoms. The molecule has 2 aromatic carbocycles. The Balaban J connectivity index is 1.89. The van der Waals surface area contributed by atoms with Gasteiger partial charge in [0.25, 0.3) is 0 Å². The van der Waals surface area contributed by atoms with Crippen molar-refractivity contribution in [2.24, 2.45) is 4.99 Å². The standard InChI is InChI=1S/C20H22N2/c1-22(2)15-16-13-19(21-14-16)20(17-9-5-3-6-10-17)18-11-7-4-8-12-18/h3-12,14,20H,13,15H2,1-2H3. The minimum absolute atomic E-state index is 0.248. The van der Waals surface area contributed by atoms with Crippen molar-refractivity contribution >= 4 is 5.71 Å². The molecule has 3 rings (SSSR count). The predicted octanol–water partition coefficient (Wildman–Crippen LogP) is 4.11. The predicted molar refractivity (Wildman–Crippen MR) is 93.4 cm³/mol. The summed E-state index contributed by atoms with van der Waals surface area (Å²) in [5.74, 6) is 0.248. The highest BCUT2D eigenvalue weighted by Gasteiger charge is 2.23. The van der Waals surface area contributed by atoms with E-state index in [0.29, 0.717) is 0 Å². The molecule has 1 aliphatic rings. The summed E-state index contributed by atoms with van der Waals surface area (Å²) in [6, 6.07) is 21.4. The summed E-state index contributed by atoms with van der Waals surface area (Å²) in [4.78, 5) is 6.95. The fourth-order valence-electron chi connectivity index (χ4n) is 3.05. The van der Waals surface area contributed by atoms with Gasteiger partial charge in [-0.05, 0) is 30.8 Å². The highest BCUT2D eigenvalue weighted by Crippen LogP contribution is 2.31. The van der Waals surface area contributed by atoms with E-state index in [-0.39, 0.29) is 5.92 Å². The van der Waals surface area contributed by atoms with E-state index in [1.807, 2.05) is 6.20 Å². The molecule has 0 saturated carbocycles. The summed E-state index contributed by atoms with van der Waals surface area (Å²) in [6.07, 6.45) is 3.01. The number of benzene rings is 2. The normalized spacial score (nSPS) is 14.4. The van der Waals surface area contributed by atoms with Crippen LogP contribution in [0, 0.1) is 0 Å². The lowest BCUT2D eigenvalue weighted by molar-refractivity contribution is 0.443. The Kier molecular flexibility index (Phi) is 4.50. The van der Waals surface area contributed by atoms with Gasteiger partial charge in [-0.15, -0.1) is 0 Å². The molecule has 2 aromatic rings. The van der Waals surface area contributed by atoms with Crippen LogP contribution in [-0.2, 0) is 0 Å². The average molecular weight is 290 g/mol. The summed E-state index contributed by atoms with van der Waals surface area (Å²) >= 11 is 0. The zero-order chi connectivity index (χ0) is 15.4. The van der Waals surface area contributed by atoms with E-state index in [1.54, 1.807) is 0 Å². The number of hydrogen-bond donors (Lipinski definition) is 0. The summed E-state index contributed by atoms with van der Waals surface area (Å²) in [5.41, 5.74) is 5.25. The fourth-order valence-corrected chi connectivity index (χ4v) is 3.05. The molecule has 0 spiro atoms. The van der Waals surface area contributed by atoms with Gasteiger partial charge in [-0.25, -0.2) is 0 Å². The van der Waals surface area contributed by atoms with Gasteiger partial charge >= 0.3 is 0 Å². The smallest absolute Gasteiger partial charge is 0.0476 e. The topological polar surface area (TPSA) is 15.6 Å². The molecule has 0 unspecified atom stereocenters. The molecule has 0 atom stereocenters. The first-order chi connectivity index (χ1) is 10.7. The van der Waals surface area contributed by atoms with Crippen molar-refractivity contribution in [2.45, 2.75) is 12.3 Å². The summed E-state index contributed by atoms with van der Waals surface area (Å²) < 4.78 is 0. The van der Waals surface area contributed by atoms with Gasteiger partial charge in [0.1, 0.15) is 0 Å². The molecule has 2 nitrogen and oxygen atoms in total. The van der Waals surface area contributed by atoms with Crippen LogP contribution in [0.5, 0.6) is 0 Å². The summed E-state index contributed by atoms with van der Waals surface area (Å²) in [7, 11) is 4.20. The van der Waals surface area contributed by atoms with Crippen molar-refractivity contribution in [1.29, 1.82) is 0 Å². The van der Waals surface area contributed by atoms with E-state index in [2.05, 4.69) is 79.7 Å². The lowest BCUT2D eigenvalue weighted by atomic mass is 9.85. The van der Waals surface area contributed by atoms with E-state index in [1.165, 1.54) is 22.4 Å². The fraction of sp³-hybridized carbons (Fsp3) is 0.250. The first-order valence-electron chi connectivity index (χ1n) is 7.73. The van der Waals surface area contributed by atoms with Crippen LogP contribution in [-0.4, -0.2) is 31.3 Å². The molecule has 0 N–H and O–H groups in total. The van der Waals surface area contributed by atoms with Crippen molar-refractivity contribution in [2.75, 3.05) is 20.6 Å². The highest BCUT2D eigenvalue weighted by molar-refractivity contribution is 5.97. The molecule has 0 bridgehead atoms. The Labute approximate surface area is 132 Å². The average Bonchev–Trinajstić information content (AvgIpc) is 2.97. The van der Waals surface area contributed by atoms with Crippen molar-refractivity contribution in [3.63, 3.8) is 0 Å². The first kappa shape index (κ1) is 14.7. The lowest BCUT2D eigenvalue weighted by Gasteiger charge is -2.19. The maximum Gasteiger partial charge on any atom is 0.0476 e. The number of likely N-dealkylation sites (N-methyl/N-ethyl adjacent to an activating group) is 1. The second kappa shape index (κ2) is 6.71. The summed E-state index contributed by atoms with van der Waals surface area (Å²) in [5, 5.41) is 0. The van der Waals surface area contributed by atoms with E-state index in [9.17, 15) is 0 Å². The zero-order valence-corrected chi connectivity index (χ0v) is 13.2. The highest BCUT2D eigenvalue weighted by atomic mass is 15.1. The zero-order valence-electron chi connectivity index (χ0n) is 13.2. The third-order valence-electron chi connectivity index (χ3n) is 3.94. The van der Waals surface area contributed by atoms with Gasteiger partial charge < -0.3 is 4.90 Å². The molecule has 0 aromatic heterocycles.